The molecule has 0 unspecified atom stereocenters. The highest BCUT2D eigenvalue weighted by Gasteiger charge is 2.11. The van der Waals surface area contributed by atoms with Gasteiger partial charge in [0.05, 0.1) is 11.3 Å². The van der Waals surface area contributed by atoms with Gasteiger partial charge in [-0.2, -0.15) is 4.37 Å². The second kappa shape index (κ2) is 11.3. The van der Waals surface area contributed by atoms with Gasteiger partial charge in [-0.1, -0.05) is 52.0 Å². The van der Waals surface area contributed by atoms with E-state index in [0.29, 0.717) is 18.4 Å². The number of benzene rings is 2. The highest BCUT2D eigenvalue weighted by Crippen LogP contribution is 2.26. The molecule has 0 bridgehead atoms. The van der Waals surface area contributed by atoms with Gasteiger partial charge in [0.25, 0.3) is 0 Å². The van der Waals surface area contributed by atoms with Crippen LogP contribution >= 0.6 is 11.5 Å². The van der Waals surface area contributed by atoms with Crippen molar-refractivity contribution in [3.8, 4) is 5.75 Å². The number of ether oxygens (including phenoxy) is 1. The van der Waals surface area contributed by atoms with E-state index < -0.39 is 0 Å². The van der Waals surface area contributed by atoms with E-state index in [2.05, 4.69) is 90.8 Å². The summed E-state index contributed by atoms with van der Waals surface area (Å²) in [6.07, 6.45) is 0.933. The summed E-state index contributed by atoms with van der Waals surface area (Å²) in [5.41, 5.74) is 1.32. The minimum Gasteiger partial charge on any atom is -0.494 e. The van der Waals surface area contributed by atoms with Crippen LogP contribution in [0.15, 0.2) is 48.5 Å². The fourth-order valence-electron chi connectivity index (χ4n) is 3.71. The van der Waals surface area contributed by atoms with Crippen molar-refractivity contribution in [2.75, 3.05) is 31.6 Å². The molecule has 5 heteroatoms. The van der Waals surface area contributed by atoms with Crippen LogP contribution in [0.5, 0.6) is 5.75 Å². The van der Waals surface area contributed by atoms with Crippen LogP contribution < -0.4 is 10.1 Å². The first kappa shape index (κ1) is 22.6. The lowest BCUT2D eigenvalue weighted by Crippen LogP contribution is -2.30. The minimum absolute atomic E-state index is 0.672. The fraction of sp³-hybridized carbons (Fsp3) is 0.480. The molecule has 0 aliphatic heterocycles. The van der Waals surface area contributed by atoms with Crippen molar-refractivity contribution >= 4 is 27.4 Å². The lowest BCUT2D eigenvalue weighted by Gasteiger charge is -2.26. The van der Waals surface area contributed by atoms with Crippen LogP contribution in [0.2, 0.25) is 0 Å². The van der Waals surface area contributed by atoms with Crippen LogP contribution in [0.25, 0.3) is 10.1 Å². The van der Waals surface area contributed by atoms with Crippen LogP contribution in [0.4, 0.5) is 5.82 Å². The summed E-state index contributed by atoms with van der Waals surface area (Å²) in [5, 5.41) is 4.64. The predicted molar refractivity (Wildman–Crippen MR) is 130 cm³/mol. The number of fused-ring (bicyclic) bond motifs is 1. The molecule has 3 rings (SSSR count). The number of hydrogen-bond donors (Lipinski definition) is 1. The van der Waals surface area contributed by atoms with Crippen molar-refractivity contribution in [1.29, 1.82) is 0 Å². The van der Waals surface area contributed by atoms with Gasteiger partial charge >= 0.3 is 0 Å². The zero-order valence-electron chi connectivity index (χ0n) is 18.7. The maximum absolute atomic E-state index is 6.02. The second-order valence-corrected chi connectivity index (χ2v) is 9.59. The average Bonchev–Trinajstić information content (AvgIpc) is 3.10. The van der Waals surface area contributed by atoms with Gasteiger partial charge in [0, 0.05) is 31.6 Å². The average molecular weight is 426 g/mol. The van der Waals surface area contributed by atoms with E-state index in [0.717, 1.165) is 44.2 Å². The molecule has 2 aromatic carbocycles. The van der Waals surface area contributed by atoms with Crippen molar-refractivity contribution in [3.63, 3.8) is 0 Å². The molecule has 0 aliphatic rings. The second-order valence-electron chi connectivity index (χ2n) is 8.79. The molecule has 0 radical (unpaired) electrons. The first-order chi connectivity index (χ1) is 14.5. The van der Waals surface area contributed by atoms with Crippen molar-refractivity contribution in [1.82, 2.24) is 9.27 Å². The molecule has 0 amide bonds. The molecule has 0 aliphatic carbocycles. The van der Waals surface area contributed by atoms with Gasteiger partial charge in [0.2, 0.25) is 0 Å². The van der Waals surface area contributed by atoms with Crippen molar-refractivity contribution in [2.45, 2.75) is 40.7 Å². The summed E-state index contributed by atoms with van der Waals surface area (Å²) in [6, 6.07) is 16.9. The summed E-state index contributed by atoms with van der Waals surface area (Å²) >= 11 is 1.54. The molecule has 1 N–H and O–H groups in total. The third-order valence-corrected chi connectivity index (χ3v) is 5.64. The van der Waals surface area contributed by atoms with E-state index in [-0.39, 0.29) is 0 Å². The Morgan fingerprint density at radius 1 is 1.00 bits per heavy atom. The molecule has 0 fully saturated rings. The molecule has 30 heavy (non-hydrogen) atoms. The number of hydrogen-bond acceptors (Lipinski definition) is 5. The highest BCUT2D eigenvalue weighted by atomic mass is 32.1. The smallest absolute Gasteiger partial charge is 0.147 e. The van der Waals surface area contributed by atoms with E-state index in [9.17, 15) is 0 Å². The highest BCUT2D eigenvalue weighted by molar-refractivity contribution is 7.13. The quantitative estimate of drug-likeness (QED) is 0.346. The lowest BCUT2D eigenvalue weighted by molar-refractivity contribution is 0.211. The third kappa shape index (κ3) is 6.99. The van der Waals surface area contributed by atoms with Crippen LogP contribution in [0, 0.1) is 11.8 Å². The Morgan fingerprint density at radius 3 is 2.53 bits per heavy atom. The Balaban J connectivity index is 1.45. The normalized spacial score (nSPS) is 11.7. The molecule has 0 saturated heterocycles. The summed E-state index contributed by atoms with van der Waals surface area (Å²) in [6.45, 7) is 13.9. The van der Waals surface area contributed by atoms with Gasteiger partial charge in [-0.25, -0.2) is 0 Å². The Labute approximate surface area is 185 Å². The Kier molecular flexibility index (Phi) is 8.52. The topological polar surface area (TPSA) is 37.4 Å². The summed E-state index contributed by atoms with van der Waals surface area (Å²) in [4.78, 5) is 2.55. The monoisotopic (exact) mass is 425 g/mol. The van der Waals surface area contributed by atoms with Gasteiger partial charge in [0.1, 0.15) is 11.6 Å². The van der Waals surface area contributed by atoms with E-state index >= 15 is 0 Å². The van der Waals surface area contributed by atoms with Crippen LogP contribution in [-0.4, -0.2) is 35.5 Å². The van der Waals surface area contributed by atoms with Crippen LogP contribution in [-0.2, 0) is 6.54 Å². The number of nitrogens with zero attached hydrogens (tertiary/aromatic N) is 2. The molecule has 4 nitrogen and oxygen atoms in total. The Hall–Kier alpha value is -2.11. The molecular weight excluding hydrogens is 390 g/mol. The summed E-state index contributed by atoms with van der Waals surface area (Å²) < 4.78 is 11.8. The molecular formula is C25H35N3OS. The number of aromatic nitrogens is 1. The number of rotatable bonds is 12. The maximum Gasteiger partial charge on any atom is 0.147 e. The van der Waals surface area contributed by atoms with Gasteiger partial charge in [-0.15, -0.1) is 0 Å². The zero-order chi connectivity index (χ0) is 21.3. The third-order valence-electron chi connectivity index (χ3n) is 4.81. The molecule has 3 aromatic rings. The standard InChI is InChI=1S/C25H35N3OS/c1-19(2)16-28(17-20(3)4)18-21-9-7-10-22(15-21)29-14-8-13-26-25-23-11-5-6-12-24(23)30-27-25/h5-7,9-12,15,19-20H,8,13-14,16-18H2,1-4H3,(H,26,27). The molecule has 1 aromatic heterocycles. The van der Waals surface area contributed by atoms with Gasteiger partial charge in [-0.3, -0.25) is 4.90 Å². The van der Waals surface area contributed by atoms with E-state index in [1.807, 2.05) is 0 Å². The molecule has 0 saturated carbocycles. The number of anilines is 1. The Bertz CT molecular complexity index is 896. The number of nitrogens with one attached hydrogen (secondary N) is 1. The maximum atomic E-state index is 6.02. The largest absolute Gasteiger partial charge is 0.494 e. The van der Waals surface area contributed by atoms with Crippen molar-refractivity contribution in [2.24, 2.45) is 11.8 Å². The van der Waals surface area contributed by atoms with Gasteiger partial charge in [0.15, 0.2) is 0 Å². The first-order valence-electron chi connectivity index (χ1n) is 11.0. The summed E-state index contributed by atoms with van der Waals surface area (Å²) in [7, 11) is 0. The molecule has 0 atom stereocenters. The van der Waals surface area contributed by atoms with Gasteiger partial charge < -0.3 is 10.1 Å². The summed E-state index contributed by atoms with van der Waals surface area (Å²) in [5.74, 6) is 3.28. The SMILES string of the molecule is CC(C)CN(Cc1cccc(OCCCNc2nsc3ccccc23)c1)CC(C)C. The van der Waals surface area contributed by atoms with E-state index in [1.165, 1.54) is 15.6 Å². The van der Waals surface area contributed by atoms with Crippen LogP contribution in [0.3, 0.4) is 0 Å². The molecule has 162 valence electrons. The predicted octanol–water partition coefficient (Wildman–Crippen LogP) is 6.29. The van der Waals surface area contributed by atoms with Crippen LogP contribution in [0.1, 0.15) is 39.7 Å². The van der Waals surface area contributed by atoms with Gasteiger partial charge in [-0.05, 0) is 59.6 Å². The minimum atomic E-state index is 0.672. The molecule has 1 heterocycles. The van der Waals surface area contributed by atoms with Crippen molar-refractivity contribution < 1.29 is 4.74 Å². The lowest BCUT2D eigenvalue weighted by atomic mass is 10.1. The van der Waals surface area contributed by atoms with Crippen molar-refractivity contribution in [3.05, 3.63) is 54.1 Å². The first-order valence-corrected chi connectivity index (χ1v) is 11.8. The zero-order valence-corrected chi connectivity index (χ0v) is 19.5. The van der Waals surface area contributed by atoms with E-state index in [4.69, 9.17) is 4.74 Å². The van der Waals surface area contributed by atoms with E-state index in [1.54, 1.807) is 11.5 Å². The Morgan fingerprint density at radius 2 is 1.77 bits per heavy atom. The fourth-order valence-corrected chi connectivity index (χ4v) is 4.47. The molecule has 0 spiro atoms.